The summed E-state index contributed by atoms with van der Waals surface area (Å²) in [6.45, 7) is 9.33. The van der Waals surface area contributed by atoms with Gasteiger partial charge in [-0.2, -0.15) is 0 Å². The van der Waals surface area contributed by atoms with Crippen LogP contribution in [0.5, 0.6) is 0 Å². The summed E-state index contributed by atoms with van der Waals surface area (Å²) in [6, 6.07) is 3.48. The van der Waals surface area contributed by atoms with Gasteiger partial charge in [-0.3, -0.25) is 4.79 Å². The minimum Gasteiger partial charge on any atom is -0.480 e. The number of amides is 2. The summed E-state index contributed by atoms with van der Waals surface area (Å²) in [5, 5.41) is 11.8. The standard InChI is InChI=1S/C16H24N2O3/c1-6-13(5)18(9-14(19)20)16(21)17-15-11(3)7-10(2)8-12(15)4/h7-8,13H,6,9H2,1-5H3,(H,17,21)(H,19,20). The molecule has 0 saturated carbocycles. The van der Waals surface area contributed by atoms with Crippen molar-refractivity contribution in [1.82, 2.24) is 4.90 Å². The number of nitrogens with zero attached hydrogens (tertiary/aromatic N) is 1. The maximum absolute atomic E-state index is 12.4. The molecular weight excluding hydrogens is 268 g/mol. The van der Waals surface area contributed by atoms with Crippen LogP contribution in [0.3, 0.4) is 0 Å². The van der Waals surface area contributed by atoms with Crippen molar-refractivity contribution in [2.75, 3.05) is 11.9 Å². The van der Waals surface area contributed by atoms with E-state index in [9.17, 15) is 9.59 Å². The van der Waals surface area contributed by atoms with Gasteiger partial charge in [0.25, 0.3) is 0 Å². The number of carbonyl (C=O) groups excluding carboxylic acids is 1. The van der Waals surface area contributed by atoms with Gasteiger partial charge in [-0.1, -0.05) is 24.6 Å². The second-order valence-electron chi connectivity index (χ2n) is 5.48. The maximum atomic E-state index is 12.4. The topological polar surface area (TPSA) is 69.6 Å². The van der Waals surface area contributed by atoms with Crippen LogP contribution >= 0.6 is 0 Å². The van der Waals surface area contributed by atoms with E-state index in [2.05, 4.69) is 5.32 Å². The molecule has 2 amide bonds. The number of carbonyl (C=O) groups is 2. The van der Waals surface area contributed by atoms with Crippen LogP contribution in [0.1, 0.15) is 37.0 Å². The van der Waals surface area contributed by atoms with Crippen molar-refractivity contribution >= 4 is 17.7 Å². The summed E-state index contributed by atoms with van der Waals surface area (Å²) in [5.74, 6) is -1.01. The van der Waals surface area contributed by atoms with E-state index in [0.29, 0.717) is 6.42 Å². The Morgan fingerprint density at radius 3 is 2.19 bits per heavy atom. The molecule has 5 heteroatoms. The molecule has 5 nitrogen and oxygen atoms in total. The number of carboxylic acids is 1. The molecule has 0 fully saturated rings. The second kappa shape index (κ2) is 7.11. The monoisotopic (exact) mass is 292 g/mol. The smallest absolute Gasteiger partial charge is 0.323 e. The molecule has 0 aromatic heterocycles. The molecular formula is C16H24N2O3. The van der Waals surface area contributed by atoms with Crippen LogP contribution in [0.2, 0.25) is 0 Å². The van der Waals surface area contributed by atoms with Crippen molar-refractivity contribution in [2.24, 2.45) is 0 Å². The average molecular weight is 292 g/mol. The summed E-state index contributed by atoms with van der Waals surface area (Å²) in [6.07, 6.45) is 0.701. The molecule has 1 aromatic carbocycles. The first-order valence-electron chi connectivity index (χ1n) is 7.13. The highest BCUT2D eigenvalue weighted by molar-refractivity contribution is 5.93. The largest absolute Gasteiger partial charge is 0.480 e. The van der Waals surface area contributed by atoms with Gasteiger partial charge in [0, 0.05) is 11.7 Å². The van der Waals surface area contributed by atoms with Crippen LogP contribution in [0.15, 0.2) is 12.1 Å². The van der Waals surface area contributed by atoms with Gasteiger partial charge >= 0.3 is 12.0 Å². The van der Waals surface area contributed by atoms with Gasteiger partial charge in [0.1, 0.15) is 6.54 Å². The Bertz CT molecular complexity index is 517. The van der Waals surface area contributed by atoms with Crippen molar-refractivity contribution in [3.05, 3.63) is 28.8 Å². The quantitative estimate of drug-likeness (QED) is 0.874. The molecule has 0 saturated heterocycles. The molecule has 1 atom stereocenters. The first kappa shape index (κ1) is 17.0. The first-order chi connectivity index (χ1) is 9.76. The minimum atomic E-state index is -1.01. The van der Waals surface area contributed by atoms with Crippen molar-refractivity contribution in [1.29, 1.82) is 0 Å². The molecule has 0 heterocycles. The molecule has 2 N–H and O–H groups in total. The molecule has 1 unspecified atom stereocenters. The zero-order valence-electron chi connectivity index (χ0n) is 13.4. The SMILES string of the molecule is CCC(C)N(CC(=O)O)C(=O)Nc1c(C)cc(C)cc1C. The third-order valence-electron chi connectivity index (χ3n) is 3.60. The lowest BCUT2D eigenvalue weighted by atomic mass is 10.1. The van der Waals surface area contributed by atoms with Crippen LogP contribution < -0.4 is 5.32 Å². The highest BCUT2D eigenvalue weighted by atomic mass is 16.4. The van der Waals surface area contributed by atoms with E-state index in [1.54, 1.807) is 0 Å². The number of hydrogen-bond donors (Lipinski definition) is 2. The minimum absolute atomic E-state index is 0.132. The predicted octanol–water partition coefficient (Wildman–Crippen LogP) is 3.33. The van der Waals surface area contributed by atoms with E-state index >= 15 is 0 Å². The summed E-state index contributed by atoms with van der Waals surface area (Å²) in [4.78, 5) is 24.7. The molecule has 0 radical (unpaired) electrons. The number of aryl methyl sites for hydroxylation is 3. The number of benzene rings is 1. The fourth-order valence-corrected chi connectivity index (χ4v) is 2.35. The molecule has 0 bridgehead atoms. The van der Waals surface area contributed by atoms with E-state index in [4.69, 9.17) is 5.11 Å². The van der Waals surface area contributed by atoms with Crippen molar-refractivity contribution in [3.63, 3.8) is 0 Å². The highest BCUT2D eigenvalue weighted by Crippen LogP contribution is 2.22. The van der Waals surface area contributed by atoms with Crippen LogP contribution in [0.4, 0.5) is 10.5 Å². The van der Waals surface area contributed by atoms with Gasteiger partial charge in [0.2, 0.25) is 0 Å². The van der Waals surface area contributed by atoms with E-state index in [1.807, 2.05) is 46.8 Å². The molecule has 0 aliphatic heterocycles. The number of rotatable bonds is 5. The van der Waals surface area contributed by atoms with Crippen LogP contribution in [-0.2, 0) is 4.79 Å². The van der Waals surface area contributed by atoms with Crippen molar-refractivity contribution in [2.45, 2.75) is 47.1 Å². The number of aliphatic carboxylic acids is 1. The zero-order valence-corrected chi connectivity index (χ0v) is 13.4. The fourth-order valence-electron chi connectivity index (χ4n) is 2.35. The third-order valence-corrected chi connectivity index (χ3v) is 3.60. The molecule has 1 rings (SSSR count). The Hall–Kier alpha value is -2.04. The van der Waals surface area contributed by atoms with Gasteiger partial charge in [-0.25, -0.2) is 4.79 Å². The Kier molecular flexibility index (Phi) is 5.76. The molecule has 0 aliphatic rings. The van der Waals surface area contributed by atoms with Crippen LogP contribution in [0, 0.1) is 20.8 Å². The highest BCUT2D eigenvalue weighted by Gasteiger charge is 2.22. The number of anilines is 1. The maximum Gasteiger partial charge on any atom is 0.323 e. The lowest BCUT2D eigenvalue weighted by Gasteiger charge is -2.27. The Labute approximate surface area is 126 Å². The molecule has 1 aromatic rings. The van der Waals surface area contributed by atoms with Crippen molar-refractivity contribution in [3.8, 4) is 0 Å². The Balaban J connectivity index is 2.99. The van der Waals surface area contributed by atoms with Gasteiger partial charge in [0.05, 0.1) is 0 Å². The summed E-state index contributed by atoms with van der Waals surface area (Å²) < 4.78 is 0. The van der Waals surface area contributed by atoms with Gasteiger partial charge in [0.15, 0.2) is 0 Å². The fraction of sp³-hybridized carbons (Fsp3) is 0.500. The number of hydrogen-bond acceptors (Lipinski definition) is 2. The first-order valence-corrected chi connectivity index (χ1v) is 7.13. The molecule has 0 aliphatic carbocycles. The molecule has 0 spiro atoms. The predicted molar refractivity (Wildman–Crippen MR) is 83.8 cm³/mol. The van der Waals surface area contributed by atoms with Crippen LogP contribution in [-0.4, -0.2) is 34.6 Å². The van der Waals surface area contributed by atoms with E-state index in [1.165, 1.54) is 4.90 Å². The number of carboxylic acid groups (broad SMARTS) is 1. The molecule has 21 heavy (non-hydrogen) atoms. The lowest BCUT2D eigenvalue weighted by Crippen LogP contribution is -2.44. The van der Waals surface area contributed by atoms with E-state index in [-0.39, 0.29) is 18.6 Å². The van der Waals surface area contributed by atoms with Crippen LogP contribution in [0.25, 0.3) is 0 Å². The Morgan fingerprint density at radius 2 is 1.76 bits per heavy atom. The lowest BCUT2D eigenvalue weighted by molar-refractivity contribution is -0.138. The summed E-state index contributed by atoms with van der Waals surface area (Å²) >= 11 is 0. The summed E-state index contributed by atoms with van der Waals surface area (Å²) in [7, 11) is 0. The average Bonchev–Trinajstić information content (AvgIpc) is 2.38. The zero-order chi connectivity index (χ0) is 16.2. The van der Waals surface area contributed by atoms with E-state index < -0.39 is 5.97 Å². The third kappa shape index (κ3) is 4.48. The van der Waals surface area contributed by atoms with Gasteiger partial charge < -0.3 is 15.3 Å². The summed E-state index contributed by atoms with van der Waals surface area (Å²) in [5.41, 5.74) is 3.83. The number of urea groups is 1. The number of nitrogens with one attached hydrogen (secondary N) is 1. The van der Waals surface area contributed by atoms with Gasteiger partial charge in [-0.15, -0.1) is 0 Å². The Morgan fingerprint density at radius 1 is 1.24 bits per heavy atom. The second-order valence-corrected chi connectivity index (χ2v) is 5.48. The van der Waals surface area contributed by atoms with E-state index in [0.717, 1.165) is 22.4 Å². The van der Waals surface area contributed by atoms with Crippen molar-refractivity contribution < 1.29 is 14.7 Å². The molecule has 116 valence electrons. The van der Waals surface area contributed by atoms with Gasteiger partial charge in [-0.05, 0) is 45.2 Å². The normalized spacial score (nSPS) is 11.9.